The number of amides is 1. The zero-order valence-electron chi connectivity index (χ0n) is 12.9. The number of nitrogens with zero attached hydrogens (tertiary/aromatic N) is 1. The summed E-state index contributed by atoms with van der Waals surface area (Å²) in [6.07, 6.45) is 0.949. The number of hydrogen-bond donors (Lipinski definition) is 1. The number of rotatable bonds is 5. The Balaban J connectivity index is 2.17. The van der Waals surface area contributed by atoms with Gasteiger partial charge in [0.2, 0.25) is 0 Å². The molecule has 0 radical (unpaired) electrons. The number of nitrogens with one attached hydrogen (secondary N) is 1. The number of non-ortho nitro benzene ring substituents is 1. The van der Waals surface area contributed by atoms with Crippen LogP contribution in [-0.4, -0.2) is 10.8 Å². The first-order valence-corrected chi connectivity index (χ1v) is 7.63. The first kappa shape index (κ1) is 17.0. The van der Waals surface area contributed by atoms with Crippen LogP contribution in [0.4, 0.5) is 5.69 Å². The average molecular weight is 333 g/mol. The molecule has 6 heteroatoms. The molecule has 5 nitrogen and oxygen atoms in total. The Hall–Kier alpha value is -2.40. The van der Waals surface area contributed by atoms with E-state index in [1.807, 2.05) is 31.2 Å². The number of benzene rings is 2. The summed E-state index contributed by atoms with van der Waals surface area (Å²) in [5.41, 5.74) is 2.10. The maximum absolute atomic E-state index is 12.3. The van der Waals surface area contributed by atoms with Gasteiger partial charge in [-0.2, -0.15) is 0 Å². The molecule has 0 aliphatic carbocycles. The van der Waals surface area contributed by atoms with Crippen LogP contribution in [0, 0.1) is 10.1 Å². The Kier molecular flexibility index (Phi) is 5.34. The second kappa shape index (κ2) is 7.24. The minimum atomic E-state index is -0.556. The lowest BCUT2D eigenvalue weighted by Crippen LogP contribution is -2.27. The van der Waals surface area contributed by atoms with E-state index in [4.69, 9.17) is 11.6 Å². The number of carbonyl (C=O) groups excluding carboxylic acids is 1. The highest BCUT2D eigenvalue weighted by atomic mass is 35.5. The lowest BCUT2D eigenvalue weighted by atomic mass is 10.0. The molecule has 0 heterocycles. The number of halogens is 1. The van der Waals surface area contributed by atoms with Gasteiger partial charge in [0.05, 0.1) is 21.6 Å². The highest BCUT2D eigenvalue weighted by Crippen LogP contribution is 2.23. The van der Waals surface area contributed by atoms with Crippen molar-refractivity contribution in [2.24, 2.45) is 0 Å². The second-order valence-corrected chi connectivity index (χ2v) is 5.62. The highest BCUT2D eigenvalue weighted by molar-refractivity contribution is 6.33. The van der Waals surface area contributed by atoms with Crippen LogP contribution in [0.15, 0.2) is 42.5 Å². The van der Waals surface area contributed by atoms with Gasteiger partial charge in [-0.25, -0.2) is 0 Å². The van der Waals surface area contributed by atoms with Gasteiger partial charge in [-0.3, -0.25) is 14.9 Å². The maximum atomic E-state index is 12.3. The standard InChI is InChI=1S/C17H17ClN2O3/c1-3-12-4-6-13(7-5-12)11(2)19-17(21)15-10-14(20(22)23)8-9-16(15)18/h4-11H,3H2,1-2H3,(H,19,21)/t11-/m0/s1. The first-order chi connectivity index (χ1) is 10.9. The van der Waals surface area contributed by atoms with E-state index >= 15 is 0 Å². The fourth-order valence-corrected chi connectivity index (χ4v) is 2.40. The van der Waals surface area contributed by atoms with Crippen molar-refractivity contribution < 1.29 is 9.72 Å². The predicted molar refractivity (Wildman–Crippen MR) is 89.8 cm³/mol. The Morgan fingerprint density at radius 3 is 2.48 bits per heavy atom. The molecule has 1 atom stereocenters. The van der Waals surface area contributed by atoms with Crippen molar-refractivity contribution in [1.29, 1.82) is 0 Å². The van der Waals surface area contributed by atoms with Crippen molar-refractivity contribution in [1.82, 2.24) is 5.32 Å². The third-order valence-corrected chi connectivity index (χ3v) is 3.97. The van der Waals surface area contributed by atoms with Gasteiger partial charge in [0.1, 0.15) is 0 Å². The maximum Gasteiger partial charge on any atom is 0.270 e. The Morgan fingerprint density at radius 1 is 1.26 bits per heavy atom. The van der Waals surface area contributed by atoms with Crippen LogP contribution in [0.2, 0.25) is 5.02 Å². The molecule has 0 fully saturated rings. The van der Waals surface area contributed by atoms with Crippen LogP contribution >= 0.6 is 11.6 Å². The van der Waals surface area contributed by atoms with Gasteiger partial charge in [0.25, 0.3) is 11.6 Å². The molecule has 2 rings (SSSR count). The van der Waals surface area contributed by atoms with E-state index in [2.05, 4.69) is 12.2 Å². The third-order valence-electron chi connectivity index (χ3n) is 3.64. The van der Waals surface area contributed by atoms with Gasteiger partial charge in [0.15, 0.2) is 0 Å². The van der Waals surface area contributed by atoms with Crippen molar-refractivity contribution in [2.75, 3.05) is 0 Å². The number of aryl methyl sites for hydroxylation is 1. The molecular weight excluding hydrogens is 316 g/mol. The zero-order chi connectivity index (χ0) is 17.0. The SMILES string of the molecule is CCc1ccc([C@H](C)NC(=O)c2cc([N+](=O)[O-])ccc2Cl)cc1. The molecule has 0 aliphatic heterocycles. The van der Waals surface area contributed by atoms with Gasteiger partial charge < -0.3 is 5.32 Å². The minimum Gasteiger partial charge on any atom is -0.345 e. The Labute approximate surface area is 139 Å². The first-order valence-electron chi connectivity index (χ1n) is 7.26. The van der Waals surface area contributed by atoms with Gasteiger partial charge in [-0.15, -0.1) is 0 Å². The molecule has 0 spiro atoms. The molecular formula is C17H17ClN2O3. The van der Waals surface area contributed by atoms with E-state index in [0.717, 1.165) is 12.0 Å². The van der Waals surface area contributed by atoms with Crippen molar-refractivity contribution in [3.05, 3.63) is 74.3 Å². The van der Waals surface area contributed by atoms with E-state index in [-0.39, 0.29) is 22.3 Å². The van der Waals surface area contributed by atoms with E-state index in [0.29, 0.717) is 0 Å². The van der Waals surface area contributed by atoms with Gasteiger partial charge in [-0.1, -0.05) is 42.8 Å². The summed E-state index contributed by atoms with van der Waals surface area (Å²) in [6.45, 7) is 3.93. The molecule has 120 valence electrons. The molecule has 0 saturated heterocycles. The largest absolute Gasteiger partial charge is 0.345 e. The van der Waals surface area contributed by atoms with Gasteiger partial charge in [-0.05, 0) is 30.5 Å². The molecule has 0 bridgehead atoms. The highest BCUT2D eigenvalue weighted by Gasteiger charge is 2.18. The summed E-state index contributed by atoms with van der Waals surface area (Å²) in [5, 5.41) is 13.8. The quantitative estimate of drug-likeness (QED) is 0.655. The topological polar surface area (TPSA) is 72.2 Å². The van der Waals surface area contributed by atoms with E-state index in [1.54, 1.807) is 0 Å². The summed E-state index contributed by atoms with van der Waals surface area (Å²) < 4.78 is 0. The van der Waals surface area contributed by atoms with E-state index in [9.17, 15) is 14.9 Å². The van der Waals surface area contributed by atoms with E-state index < -0.39 is 10.8 Å². The predicted octanol–water partition coefficient (Wildman–Crippen LogP) is 4.30. The van der Waals surface area contributed by atoms with Crippen LogP contribution in [0.1, 0.15) is 41.4 Å². The molecule has 0 saturated carbocycles. The number of nitro benzene ring substituents is 1. The van der Waals surface area contributed by atoms with Crippen LogP contribution < -0.4 is 5.32 Å². The summed E-state index contributed by atoms with van der Waals surface area (Å²) in [7, 11) is 0. The summed E-state index contributed by atoms with van der Waals surface area (Å²) in [4.78, 5) is 22.6. The average Bonchev–Trinajstić information content (AvgIpc) is 2.54. The van der Waals surface area contributed by atoms with Crippen LogP contribution in [0.25, 0.3) is 0 Å². The molecule has 2 aromatic carbocycles. The summed E-state index contributed by atoms with van der Waals surface area (Å²) >= 11 is 5.98. The number of carbonyl (C=O) groups is 1. The molecule has 1 N–H and O–H groups in total. The molecule has 1 amide bonds. The van der Waals surface area contributed by atoms with Gasteiger partial charge >= 0.3 is 0 Å². The monoisotopic (exact) mass is 332 g/mol. The van der Waals surface area contributed by atoms with E-state index in [1.165, 1.54) is 23.8 Å². The molecule has 23 heavy (non-hydrogen) atoms. The molecule has 0 unspecified atom stereocenters. The lowest BCUT2D eigenvalue weighted by Gasteiger charge is -2.15. The fraction of sp³-hybridized carbons (Fsp3) is 0.235. The molecule has 0 aliphatic rings. The smallest absolute Gasteiger partial charge is 0.270 e. The lowest BCUT2D eigenvalue weighted by molar-refractivity contribution is -0.384. The van der Waals surface area contributed by atoms with Crippen molar-refractivity contribution in [3.63, 3.8) is 0 Å². The van der Waals surface area contributed by atoms with Crippen LogP contribution in [-0.2, 0) is 6.42 Å². The Morgan fingerprint density at radius 2 is 1.91 bits per heavy atom. The molecule has 0 aromatic heterocycles. The van der Waals surface area contributed by atoms with Crippen LogP contribution in [0.3, 0.4) is 0 Å². The van der Waals surface area contributed by atoms with Gasteiger partial charge in [0, 0.05) is 12.1 Å². The van der Waals surface area contributed by atoms with Crippen LogP contribution in [0.5, 0.6) is 0 Å². The number of hydrogen-bond acceptors (Lipinski definition) is 3. The summed E-state index contributed by atoms with van der Waals surface area (Å²) in [5.74, 6) is -0.439. The third kappa shape index (κ3) is 4.07. The van der Waals surface area contributed by atoms with Crippen molar-refractivity contribution in [3.8, 4) is 0 Å². The summed E-state index contributed by atoms with van der Waals surface area (Å²) in [6, 6.07) is 11.5. The normalized spacial score (nSPS) is 11.8. The molecule has 2 aromatic rings. The fourth-order valence-electron chi connectivity index (χ4n) is 2.20. The van der Waals surface area contributed by atoms with Crippen molar-refractivity contribution in [2.45, 2.75) is 26.3 Å². The zero-order valence-corrected chi connectivity index (χ0v) is 13.6. The number of nitro groups is 1. The Bertz CT molecular complexity index is 729. The van der Waals surface area contributed by atoms with Crippen molar-refractivity contribution >= 4 is 23.2 Å². The second-order valence-electron chi connectivity index (χ2n) is 5.21. The minimum absolute atomic E-state index is 0.0953.